The zero-order chi connectivity index (χ0) is 18.0. The monoisotopic (exact) mass is 341 g/mol. The summed E-state index contributed by atoms with van der Waals surface area (Å²) in [6.45, 7) is 1.64. The third-order valence-electron chi connectivity index (χ3n) is 3.61. The Hall–Kier alpha value is -3.35. The van der Waals surface area contributed by atoms with Crippen molar-refractivity contribution in [2.45, 2.75) is 6.92 Å². The highest BCUT2D eigenvalue weighted by Gasteiger charge is 2.13. The van der Waals surface area contributed by atoms with Gasteiger partial charge in [0.2, 0.25) is 0 Å². The molecule has 0 saturated carbocycles. The molecule has 0 bridgehead atoms. The molecular weight excluding hydrogens is 328 g/mol. The van der Waals surface area contributed by atoms with Crippen LogP contribution < -0.4 is 10.9 Å². The van der Waals surface area contributed by atoms with E-state index in [1.807, 2.05) is 0 Å². The lowest BCUT2D eigenvalue weighted by Gasteiger charge is -2.10. The Labute approximate surface area is 141 Å². The number of nitrogens with one attached hydrogen (secondary N) is 2. The van der Waals surface area contributed by atoms with Crippen LogP contribution in [-0.4, -0.2) is 16.8 Å². The second kappa shape index (κ2) is 6.64. The molecule has 2 N–H and O–H groups in total. The quantitative estimate of drug-likeness (QED) is 0.704. The third kappa shape index (κ3) is 3.60. The molecule has 2 amide bonds. The SMILES string of the molecule is Cc1nc2ccc(F)cc2cc1C(=O)NNC(=O)c1ccc(F)cc1. The predicted molar refractivity (Wildman–Crippen MR) is 87.8 cm³/mol. The summed E-state index contributed by atoms with van der Waals surface area (Å²) in [5, 5.41) is 0.473. The molecule has 5 nitrogen and oxygen atoms in total. The number of nitrogens with zero attached hydrogens (tertiary/aromatic N) is 1. The van der Waals surface area contributed by atoms with E-state index in [4.69, 9.17) is 0 Å². The number of aromatic nitrogens is 1. The van der Waals surface area contributed by atoms with E-state index in [1.54, 1.807) is 6.92 Å². The molecule has 0 unspecified atom stereocenters. The molecule has 2 aromatic carbocycles. The van der Waals surface area contributed by atoms with Crippen molar-refractivity contribution in [2.75, 3.05) is 0 Å². The summed E-state index contributed by atoms with van der Waals surface area (Å²) in [5.74, 6) is -2.09. The number of hydrazine groups is 1. The lowest BCUT2D eigenvalue weighted by Crippen LogP contribution is -2.41. The Bertz CT molecular complexity index is 972. The lowest BCUT2D eigenvalue weighted by atomic mass is 10.1. The lowest BCUT2D eigenvalue weighted by molar-refractivity contribution is 0.0846. The molecular formula is C18H13F2N3O2. The highest BCUT2D eigenvalue weighted by atomic mass is 19.1. The Morgan fingerprint density at radius 2 is 1.52 bits per heavy atom. The number of fused-ring (bicyclic) bond motifs is 1. The molecule has 7 heteroatoms. The highest BCUT2D eigenvalue weighted by Crippen LogP contribution is 2.17. The fraction of sp³-hybridized carbons (Fsp3) is 0.0556. The van der Waals surface area contributed by atoms with E-state index in [0.717, 1.165) is 12.1 Å². The molecule has 1 heterocycles. The first-order valence-electron chi connectivity index (χ1n) is 7.37. The minimum absolute atomic E-state index is 0.192. The zero-order valence-electron chi connectivity index (χ0n) is 13.1. The van der Waals surface area contributed by atoms with E-state index >= 15 is 0 Å². The average Bonchev–Trinajstić information content (AvgIpc) is 2.59. The molecule has 0 spiro atoms. The van der Waals surface area contributed by atoms with Gasteiger partial charge in [0.05, 0.1) is 16.8 Å². The first-order chi connectivity index (χ1) is 11.9. The minimum atomic E-state index is -0.592. The normalized spacial score (nSPS) is 10.5. The molecule has 0 fully saturated rings. The van der Waals surface area contributed by atoms with Crippen molar-refractivity contribution in [3.8, 4) is 0 Å². The minimum Gasteiger partial charge on any atom is -0.267 e. The fourth-order valence-electron chi connectivity index (χ4n) is 2.33. The zero-order valence-corrected chi connectivity index (χ0v) is 13.1. The third-order valence-corrected chi connectivity index (χ3v) is 3.61. The Morgan fingerprint density at radius 3 is 2.24 bits per heavy atom. The van der Waals surface area contributed by atoms with E-state index in [-0.39, 0.29) is 11.1 Å². The largest absolute Gasteiger partial charge is 0.271 e. The molecule has 25 heavy (non-hydrogen) atoms. The number of aryl methyl sites for hydroxylation is 1. The van der Waals surface area contributed by atoms with Gasteiger partial charge in [0.1, 0.15) is 11.6 Å². The average molecular weight is 341 g/mol. The van der Waals surface area contributed by atoms with Crippen molar-refractivity contribution in [3.05, 3.63) is 77.0 Å². The number of carbonyl (C=O) groups excluding carboxylic acids is 2. The van der Waals surface area contributed by atoms with E-state index < -0.39 is 23.4 Å². The topological polar surface area (TPSA) is 71.1 Å². The molecule has 0 atom stereocenters. The van der Waals surface area contributed by atoms with Crippen LogP contribution in [0.3, 0.4) is 0 Å². The summed E-state index contributed by atoms with van der Waals surface area (Å²) < 4.78 is 26.2. The van der Waals surface area contributed by atoms with Crippen molar-refractivity contribution < 1.29 is 18.4 Å². The van der Waals surface area contributed by atoms with E-state index in [2.05, 4.69) is 15.8 Å². The van der Waals surface area contributed by atoms with Crippen LogP contribution in [0.5, 0.6) is 0 Å². The Kier molecular flexibility index (Phi) is 4.38. The summed E-state index contributed by atoms with van der Waals surface area (Å²) in [7, 11) is 0. The van der Waals surface area contributed by atoms with Gasteiger partial charge in [0.25, 0.3) is 11.8 Å². The number of hydrogen-bond donors (Lipinski definition) is 2. The number of halogens is 2. The maximum atomic E-state index is 13.3. The van der Waals surface area contributed by atoms with Crippen LogP contribution in [0.25, 0.3) is 10.9 Å². The summed E-state index contributed by atoms with van der Waals surface area (Å²) in [6, 6.07) is 10.5. The van der Waals surface area contributed by atoms with Crippen LogP contribution in [0.1, 0.15) is 26.4 Å². The highest BCUT2D eigenvalue weighted by molar-refractivity contribution is 6.01. The summed E-state index contributed by atoms with van der Waals surface area (Å²) in [4.78, 5) is 28.4. The number of pyridine rings is 1. The fourth-order valence-corrected chi connectivity index (χ4v) is 2.33. The van der Waals surface area contributed by atoms with Crippen molar-refractivity contribution in [3.63, 3.8) is 0 Å². The standard InChI is InChI=1S/C18H13F2N3O2/c1-10-15(9-12-8-14(20)6-7-16(12)21-10)18(25)23-22-17(24)11-2-4-13(19)5-3-11/h2-9H,1H3,(H,22,24)(H,23,25). The van der Waals surface area contributed by atoms with Gasteiger partial charge in [-0.3, -0.25) is 25.4 Å². The summed E-state index contributed by atoms with van der Waals surface area (Å²) >= 11 is 0. The second-order valence-corrected chi connectivity index (χ2v) is 5.37. The van der Waals surface area contributed by atoms with Crippen LogP contribution in [0.2, 0.25) is 0 Å². The van der Waals surface area contributed by atoms with Gasteiger partial charge in [0, 0.05) is 10.9 Å². The molecule has 1 aromatic heterocycles. The number of benzene rings is 2. The molecule has 126 valence electrons. The van der Waals surface area contributed by atoms with E-state index in [9.17, 15) is 18.4 Å². The molecule has 3 rings (SSSR count). The predicted octanol–water partition coefficient (Wildman–Crippen LogP) is 2.90. The summed E-state index contributed by atoms with van der Waals surface area (Å²) in [5.41, 5.74) is 5.90. The van der Waals surface area contributed by atoms with Crippen molar-refractivity contribution in [2.24, 2.45) is 0 Å². The van der Waals surface area contributed by atoms with Crippen molar-refractivity contribution in [1.29, 1.82) is 0 Å². The maximum Gasteiger partial charge on any atom is 0.271 e. The van der Waals surface area contributed by atoms with Crippen LogP contribution in [0.4, 0.5) is 8.78 Å². The second-order valence-electron chi connectivity index (χ2n) is 5.37. The molecule has 3 aromatic rings. The number of hydrogen-bond acceptors (Lipinski definition) is 3. The van der Waals surface area contributed by atoms with Gasteiger partial charge in [-0.15, -0.1) is 0 Å². The Balaban J connectivity index is 1.76. The first kappa shape index (κ1) is 16.5. The van der Waals surface area contributed by atoms with Crippen molar-refractivity contribution in [1.82, 2.24) is 15.8 Å². The molecule has 0 radical (unpaired) electrons. The van der Waals surface area contributed by atoms with Gasteiger partial charge in [0.15, 0.2) is 0 Å². The Morgan fingerprint density at radius 1 is 0.880 bits per heavy atom. The van der Waals surface area contributed by atoms with Crippen LogP contribution >= 0.6 is 0 Å². The van der Waals surface area contributed by atoms with Gasteiger partial charge < -0.3 is 0 Å². The molecule has 0 saturated heterocycles. The molecule has 0 aliphatic rings. The van der Waals surface area contributed by atoms with E-state index in [0.29, 0.717) is 16.6 Å². The molecule has 0 aliphatic heterocycles. The molecule has 0 aliphatic carbocycles. The van der Waals surface area contributed by atoms with Gasteiger partial charge >= 0.3 is 0 Å². The van der Waals surface area contributed by atoms with Gasteiger partial charge in [-0.1, -0.05) is 0 Å². The van der Waals surface area contributed by atoms with Gasteiger partial charge in [-0.25, -0.2) is 8.78 Å². The van der Waals surface area contributed by atoms with Gasteiger partial charge in [-0.05, 0) is 55.5 Å². The van der Waals surface area contributed by atoms with Gasteiger partial charge in [-0.2, -0.15) is 0 Å². The number of rotatable bonds is 2. The van der Waals surface area contributed by atoms with Crippen LogP contribution in [0.15, 0.2) is 48.5 Å². The smallest absolute Gasteiger partial charge is 0.267 e. The van der Waals surface area contributed by atoms with Crippen LogP contribution in [-0.2, 0) is 0 Å². The first-order valence-corrected chi connectivity index (χ1v) is 7.37. The van der Waals surface area contributed by atoms with E-state index in [1.165, 1.54) is 36.4 Å². The maximum absolute atomic E-state index is 13.3. The van der Waals surface area contributed by atoms with Crippen LogP contribution in [0, 0.1) is 18.6 Å². The number of carbonyl (C=O) groups is 2. The van der Waals surface area contributed by atoms with Crippen molar-refractivity contribution >= 4 is 22.7 Å². The summed E-state index contributed by atoms with van der Waals surface area (Å²) in [6.07, 6.45) is 0. The number of amides is 2.